The van der Waals surface area contributed by atoms with Gasteiger partial charge in [-0.25, -0.2) is 9.50 Å². The summed E-state index contributed by atoms with van der Waals surface area (Å²) in [7, 11) is -2.12. The Labute approximate surface area is 225 Å². The molecular weight excluding hydrogens is 502 g/mol. The van der Waals surface area contributed by atoms with Crippen molar-refractivity contribution in [2.45, 2.75) is 95.7 Å². The number of fused-ring (bicyclic) bond motifs is 1. The van der Waals surface area contributed by atoms with Crippen LogP contribution in [0.2, 0.25) is 19.6 Å². The minimum Gasteiger partial charge on any atom is -0.463 e. The Kier molecular flexibility index (Phi) is 8.85. The van der Waals surface area contributed by atoms with Crippen LogP contribution in [0.3, 0.4) is 0 Å². The van der Waals surface area contributed by atoms with E-state index in [1.54, 1.807) is 16.6 Å². The van der Waals surface area contributed by atoms with E-state index < -0.39 is 26.1 Å². The molecule has 1 N–H and O–H groups in total. The van der Waals surface area contributed by atoms with Gasteiger partial charge in [-0.05, 0) is 57.0 Å². The molecule has 1 aliphatic carbocycles. The number of carbonyl (C=O) groups is 2. The predicted octanol–water partition coefficient (Wildman–Crippen LogP) is 4.52. The van der Waals surface area contributed by atoms with Crippen LogP contribution in [-0.4, -0.2) is 53.6 Å². The number of rotatable bonds is 10. The number of nitriles is 1. The Morgan fingerprint density at radius 2 is 2.03 bits per heavy atom. The summed E-state index contributed by atoms with van der Waals surface area (Å²) in [6.07, 6.45) is 9.02. The summed E-state index contributed by atoms with van der Waals surface area (Å²) in [6.45, 7) is 8.06. The normalized spacial score (nSPS) is 24.3. The number of carbonyl (C=O) groups excluding carboxylic acids is 2. The van der Waals surface area contributed by atoms with Crippen LogP contribution in [0.1, 0.15) is 64.0 Å². The lowest BCUT2D eigenvalue weighted by Gasteiger charge is -2.31. The highest BCUT2D eigenvalue weighted by molar-refractivity contribution is 6.69. The van der Waals surface area contributed by atoms with Crippen LogP contribution in [0.25, 0.3) is 5.52 Å². The second-order valence-corrected chi connectivity index (χ2v) is 15.6. The van der Waals surface area contributed by atoms with Crippen LogP contribution >= 0.6 is 0 Å². The molecule has 2 aromatic heterocycles. The van der Waals surface area contributed by atoms with Gasteiger partial charge < -0.3 is 19.2 Å². The van der Waals surface area contributed by atoms with Crippen molar-refractivity contribution in [3.63, 3.8) is 0 Å². The molecule has 4 rings (SSSR count). The second-order valence-electron chi connectivity index (χ2n) is 11.2. The van der Waals surface area contributed by atoms with Gasteiger partial charge in [-0.1, -0.05) is 26.2 Å². The van der Waals surface area contributed by atoms with E-state index in [1.165, 1.54) is 12.7 Å². The van der Waals surface area contributed by atoms with Gasteiger partial charge in [0, 0.05) is 19.3 Å². The quantitative estimate of drug-likeness (QED) is 0.344. The SMILES string of the molecule is CCCC(=O)Nc1ncnn2c([C@]3(C#N)O[C@@H](COC(=O)CC4CCCCC4)[CH][C@H]3O[Si](C)(C)C)ccc12. The van der Waals surface area contributed by atoms with E-state index in [0.717, 1.165) is 25.7 Å². The van der Waals surface area contributed by atoms with Crippen molar-refractivity contribution in [3.05, 3.63) is 30.6 Å². The Morgan fingerprint density at radius 1 is 1.26 bits per heavy atom. The van der Waals surface area contributed by atoms with Gasteiger partial charge in [-0.3, -0.25) is 9.59 Å². The molecule has 2 aliphatic rings. The van der Waals surface area contributed by atoms with Gasteiger partial charge in [0.05, 0.1) is 11.8 Å². The van der Waals surface area contributed by atoms with Gasteiger partial charge in [-0.2, -0.15) is 10.4 Å². The molecule has 0 spiro atoms. The lowest BCUT2D eigenvalue weighted by atomic mass is 9.87. The Bertz CT molecular complexity index is 1180. The molecule has 2 aromatic rings. The molecule has 0 bridgehead atoms. The molecule has 11 heteroatoms. The molecule has 1 saturated carbocycles. The zero-order chi connectivity index (χ0) is 27.3. The molecule has 0 unspecified atom stereocenters. The number of ether oxygens (including phenoxy) is 2. The standard InChI is InChI=1S/C27H38N5O5Si/c1-5-9-24(33)31-26-21-12-13-22(32(21)30-18-29-26)27(17-28)23(37-38(2,3)4)15-20(36-27)16-35-25(34)14-19-10-7-6-8-11-19/h12-13,15,18-20,23H,5-11,14,16H2,1-4H3,(H,29,30,31,33)/t20-,23-,27+/m1/s1. The molecule has 3 atom stereocenters. The summed E-state index contributed by atoms with van der Waals surface area (Å²) in [4.78, 5) is 29.0. The maximum absolute atomic E-state index is 12.5. The number of nitrogens with zero attached hydrogens (tertiary/aromatic N) is 4. The smallest absolute Gasteiger partial charge is 0.306 e. The summed E-state index contributed by atoms with van der Waals surface area (Å²) in [6, 6.07) is 5.84. The summed E-state index contributed by atoms with van der Waals surface area (Å²) >= 11 is 0. The maximum atomic E-state index is 12.5. The molecule has 1 aliphatic heterocycles. The van der Waals surface area contributed by atoms with Gasteiger partial charge in [0.2, 0.25) is 11.5 Å². The van der Waals surface area contributed by atoms with E-state index in [-0.39, 0.29) is 18.5 Å². The number of hydrogen-bond donors (Lipinski definition) is 1. The highest BCUT2D eigenvalue weighted by Crippen LogP contribution is 2.42. The number of hydrogen-bond acceptors (Lipinski definition) is 8. The van der Waals surface area contributed by atoms with Crippen molar-refractivity contribution in [1.82, 2.24) is 14.6 Å². The Hall–Kier alpha value is -2.81. The van der Waals surface area contributed by atoms with E-state index in [1.807, 2.05) is 33.0 Å². The summed E-state index contributed by atoms with van der Waals surface area (Å²) in [5, 5.41) is 17.7. The van der Waals surface area contributed by atoms with E-state index in [0.29, 0.717) is 42.2 Å². The first-order valence-electron chi connectivity index (χ1n) is 13.6. The summed E-state index contributed by atoms with van der Waals surface area (Å²) < 4.78 is 19.9. The highest BCUT2D eigenvalue weighted by Gasteiger charge is 2.55. The van der Waals surface area contributed by atoms with E-state index in [9.17, 15) is 14.9 Å². The van der Waals surface area contributed by atoms with Crippen molar-refractivity contribution >= 4 is 31.5 Å². The first-order chi connectivity index (χ1) is 18.1. The lowest BCUT2D eigenvalue weighted by molar-refractivity contribution is -0.150. The molecule has 10 nitrogen and oxygen atoms in total. The van der Waals surface area contributed by atoms with Gasteiger partial charge in [-0.15, -0.1) is 0 Å². The van der Waals surface area contributed by atoms with E-state index in [2.05, 4.69) is 21.5 Å². The van der Waals surface area contributed by atoms with Crippen LogP contribution < -0.4 is 5.32 Å². The van der Waals surface area contributed by atoms with Gasteiger partial charge in [0.25, 0.3) is 0 Å². The molecule has 1 radical (unpaired) electrons. The number of esters is 1. The Morgan fingerprint density at radius 3 is 2.71 bits per heavy atom. The minimum absolute atomic E-state index is 0.0111. The first-order valence-corrected chi connectivity index (χ1v) is 17.0. The van der Waals surface area contributed by atoms with E-state index in [4.69, 9.17) is 13.9 Å². The molecule has 1 saturated heterocycles. The van der Waals surface area contributed by atoms with Crippen LogP contribution in [0.5, 0.6) is 0 Å². The fourth-order valence-electron chi connectivity index (χ4n) is 5.22. The van der Waals surface area contributed by atoms with Crippen molar-refractivity contribution in [2.24, 2.45) is 5.92 Å². The zero-order valence-corrected chi connectivity index (χ0v) is 23.7. The third kappa shape index (κ3) is 6.42. The highest BCUT2D eigenvalue weighted by atomic mass is 28.4. The summed E-state index contributed by atoms with van der Waals surface area (Å²) in [5.41, 5.74) is -0.523. The van der Waals surface area contributed by atoms with Crippen molar-refractivity contribution in [3.8, 4) is 6.07 Å². The van der Waals surface area contributed by atoms with Crippen LogP contribution in [-0.2, 0) is 29.1 Å². The van der Waals surface area contributed by atoms with Gasteiger partial charge in [0.15, 0.2) is 14.1 Å². The monoisotopic (exact) mass is 540 g/mol. The molecule has 3 heterocycles. The van der Waals surface area contributed by atoms with Crippen molar-refractivity contribution in [2.75, 3.05) is 11.9 Å². The number of nitrogens with one attached hydrogen (secondary N) is 1. The summed E-state index contributed by atoms with van der Waals surface area (Å²) in [5.74, 6) is 0.353. The maximum Gasteiger partial charge on any atom is 0.306 e. The average Bonchev–Trinajstić information content (AvgIpc) is 3.45. The molecule has 2 fully saturated rings. The number of aromatic nitrogens is 3. The third-order valence-corrected chi connectivity index (χ3v) is 7.89. The van der Waals surface area contributed by atoms with Crippen LogP contribution in [0.15, 0.2) is 18.5 Å². The first kappa shape index (κ1) is 28.2. The molecule has 38 heavy (non-hydrogen) atoms. The average molecular weight is 541 g/mol. The largest absolute Gasteiger partial charge is 0.463 e. The van der Waals surface area contributed by atoms with Crippen LogP contribution in [0, 0.1) is 23.7 Å². The fourth-order valence-corrected chi connectivity index (χ4v) is 6.22. The van der Waals surface area contributed by atoms with Gasteiger partial charge in [0.1, 0.15) is 30.6 Å². The zero-order valence-electron chi connectivity index (χ0n) is 22.7. The predicted molar refractivity (Wildman–Crippen MR) is 143 cm³/mol. The number of anilines is 1. The molecule has 0 aromatic carbocycles. The topological polar surface area (TPSA) is 128 Å². The van der Waals surface area contributed by atoms with Gasteiger partial charge >= 0.3 is 5.97 Å². The fraction of sp³-hybridized carbons (Fsp3) is 0.630. The molecule has 205 valence electrons. The van der Waals surface area contributed by atoms with Crippen molar-refractivity contribution in [1.29, 1.82) is 5.26 Å². The minimum atomic E-state index is -2.12. The third-order valence-electron chi connectivity index (χ3n) is 6.93. The number of amides is 1. The van der Waals surface area contributed by atoms with Crippen molar-refractivity contribution < 1.29 is 23.5 Å². The molecule has 1 amide bonds. The second kappa shape index (κ2) is 11.9. The lowest BCUT2D eigenvalue weighted by Crippen LogP contribution is -2.44. The Balaban J connectivity index is 1.57. The van der Waals surface area contributed by atoms with E-state index >= 15 is 0 Å². The molecular formula is C27H38N5O5Si. The van der Waals surface area contributed by atoms with Crippen LogP contribution in [0.4, 0.5) is 5.82 Å².